The third-order valence-corrected chi connectivity index (χ3v) is 8.47. The van der Waals surface area contributed by atoms with Crippen molar-refractivity contribution in [2.45, 2.75) is 50.8 Å². The second kappa shape index (κ2) is 10.9. The number of piperidine rings is 1. The maximum atomic E-state index is 13.5. The van der Waals surface area contributed by atoms with E-state index in [9.17, 15) is 9.59 Å². The molecule has 1 amide bonds. The second-order valence-electron chi connectivity index (χ2n) is 11.1. The molecule has 41 heavy (non-hydrogen) atoms. The summed E-state index contributed by atoms with van der Waals surface area (Å²) in [6, 6.07) is 26.1. The standard InChI is InChI=1S/C33H33N5O3/c39-31(22-37-33(40)26-12-5-4-11-25(26)28(35-37)21-23-9-2-1-3-10-23)36-18-16-24(17-19-36)38-29-14-7-6-13-27(29)34-32(38)30-15-8-20-41-30/h1-7,9-14,24,30H,8,15-22H2. The SMILES string of the molecule is O=C(Cn1nc(Cc2ccccc2)c2ccccc2c1=O)N1CCC(n2c(C3CCCO3)nc3ccccc32)CC1. The molecule has 7 rings (SSSR count). The first-order valence-electron chi connectivity index (χ1n) is 14.5. The molecule has 208 valence electrons. The van der Waals surface area contributed by atoms with Gasteiger partial charge in [0.2, 0.25) is 5.91 Å². The van der Waals surface area contributed by atoms with Crippen LogP contribution >= 0.6 is 0 Å². The molecule has 1 unspecified atom stereocenters. The Kier molecular flexibility index (Phi) is 6.84. The molecule has 8 nitrogen and oxygen atoms in total. The average molecular weight is 548 g/mol. The zero-order valence-corrected chi connectivity index (χ0v) is 23.0. The highest BCUT2D eigenvalue weighted by molar-refractivity contribution is 5.84. The van der Waals surface area contributed by atoms with Crippen molar-refractivity contribution in [2.75, 3.05) is 19.7 Å². The number of benzene rings is 3. The number of carbonyl (C=O) groups is 1. The van der Waals surface area contributed by atoms with Crippen LogP contribution in [0.1, 0.15) is 54.9 Å². The van der Waals surface area contributed by atoms with Crippen molar-refractivity contribution in [2.24, 2.45) is 0 Å². The van der Waals surface area contributed by atoms with E-state index in [0.717, 1.165) is 65.8 Å². The Morgan fingerprint density at radius 2 is 1.61 bits per heavy atom. The summed E-state index contributed by atoms with van der Waals surface area (Å²) in [6.45, 7) is 1.96. The van der Waals surface area contributed by atoms with E-state index >= 15 is 0 Å². The van der Waals surface area contributed by atoms with Crippen molar-refractivity contribution in [3.63, 3.8) is 0 Å². The average Bonchev–Trinajstić information content (AvgIpc) is 3.69. The number of para-hydroxylation sites is 2. The Hall–Kier alpha value is -4.30. The third-order valence-electron chi connectivity index (χ3n) is 8.47. The highest BCUT2D eigenvalue weighted by Crippen LogP contribution is 2.35. The van der Waals surface area contributed by atoms with Crippen molar-refractivity contribution in [1.29, 1.82) is 0 Å². The van der Waals surface area contributed by atoms with Crippen LogP contribution in [-0.2, 0) is 22.5 Å². The molecule has 0 radical (unpaired) electrons. The van der Waals surface area contributed by atoms with Crippen molar-refractivity contribution >= 4 is 27.7 Å². The number of aromatic nitrogens is 4. The number of rotatable bonds is 6. The zero-order chi connectivity index (χ0) is 27.8. The Labute approximate surface area is 238 Å². The van der Waals surface area contributed by atoms with Gasteiger partial charge in [0.1, 0.15) is 18.5 Å². The highest BCUT2D eigenvalue weighted by Gasteiger charge is 2.31. The number of nitrogens with zero attached hydrogens (tertiary/aromatic N) is 5. The number of ether oxygens (including phenoxy) is 1. The van der Waals surface area contributed by atoms with Gasteiger partial charge in [-0.05, 0) is 49.4 Å². The molecule has 2 fully saturated rings. The normalized spacial score (nSPS) is 18.0. The third kappa shape index (κ3) is 4.93. The molecule has 0 saturated carbocycles. The van der Waals surface area contributed by atoms with Crippen molar-refractivity contribution < 1.29 is 9.53 Å². The minimum absolute atomic E-state index is 0.0259. The van der Waals surface area contributed by atoms with Gasteiger partial charge < -0.3 is 14.2 Å². The quantitative estimate of drug-likeness (QED) is 0.297. The van der Waals surface area contributed by atoms with E-state index < -0.39 is 0 Å². The van der Waals surface area contributed by atoms with Gasteiger partial charge in [0.25, 0.3) is 5.56 Å². The molecule has 4 heterocycles. The van der Waals surface area contributed by atoms with Gasteiger partial charge in [-0.15, -0.1) is 0 Å². The Morgan fingerprint density at radius 3 is 2.39 bits per heavy atom. The lowest BCUT2D eigenvalue weighted by atomic mass is 10.0. The molecule has 2 aliphatic heterocycles. The molecule has 2 saturated heterocycles. The predicted octanol–water partition coefficient (Wildman–Crippen LogP) is 5.05. The molecular formula is C33H33N5O3. The number of amides is 1. The van der Waals surface area contributed by atoms with Crippen LogP contribution in [0.15, 0.2) is 83.7 Å². The molecule has 8 heteroatoms. The van der Waals surface area contributed by atoms with Crippen LogP contribution in [0.3, 0.4) is 0 Å². The Balaban J connectivity index is 1.11. The molecule has 3 aromatic carbocycles. The summed E-state index contributed by atoms with van der Waals surface area (Å²) in [5.41, 5.74) is 3.79. The summed E-state index contributed by atoms with van der Waals surface area (Å²) in [5.74, 6) is 0.931. The second-order valence-corrected chi connectivity index (χ2v) is 11.1. The van der Waals surface area contributed by atoms with E-state index in [4.69, 9.17) is 14.8 Å². The van der Waals surface area contributed by atoms with Crippen molar-refractivity contribution in [3.8, 4) is 0 Å². The predicted molar refractivity (Wildman–Crippen MR) is 158 cm³/mol. The van der Waals surface area contributed by atoms with E-state index in [1.807, 2.05) is 53.4 Å². The summed E-state index contributed by atoms with van der Waals surface area (Å²) in [5, 5.41) is 6.13. The van der Waals surface area contributed by atoms with E-state index in [-0.39, 0.29) is 30.2 Å². The minimum atomic E-state index is -0.230. The smallest absolute Gasteiger partial charge is 0.275 e. The van der Waals surface area contributed by atoms with Crippen molar-refractivity contribution in [1.82, 2.24) is 24.2 Å². The van der Waals surface area contributed by atoms with Gasteiger partial charge in [0, 0.05) is 37.5 Å². The zero-order valence-electron chi connectivity index (χ0n) is 23.0. The lowest BCUT2D eigenvalue weighted by Gasteiger charge is -2.34. The molecule has 0 bridgehead atoms. The van der Waals surface area contributed by atoms with Crippen LogP contribution in [0.4, 0.5) is 0 Å². The monoisotopic (exact) mass is 547 g/mol. The number of likely N-dealkylation sites (tertiary alicyclic amines) is 1. The number of hydrogen-bond acceptors (Lipinski definition) is 5. The summed E-state index contributed by atoms with van der Waals surface area (Å²) < 4.78 is 9.74. The summed E-state index contributed by atoms with van der Waals surface area (Å²) >= 11 is 0. The highest BCUT2D eigenvalue weighted by atomic mass is 16.5. The lowest BCUT2D eigenvalue weighted by molar-refractivity contribution is -0.133. The first kappa shape index (κ1) is 25.7. The van der Waals surface area contributed by atoms with Crippen LogP contribution in [0.5, 0.6) is 0 Å². The first-order valence-corrected chi connectivity index (χ1v) is 14.5. The number of fused-ring (bicyclic) bond motifs is 2. The van der Waals surface area contributed by atoms with Crippen LogP contribution in [-0.4, -0.2) is 49.8 Å². The maximum Gasteiger partial charge on any atom is 0.275 e. The number of imidazole rings is 1. The first-order chi connectivity index (χ1) is 20.2. The van der Waals surface area contributed by atoms with E-state index in [1.54, 1.807) is 0 Å². The molecule has 2 aromatic heterocycles. The van der Waals surface area contributed by atoms with Gasteiger partial charge in [0.05, 0.1) is 22.1 Å². The molecule has 0 spiro atoms. The topological polar surface area (TPSA) is 82.2 Å². The van der Waals surface area contributed by atoms with Crippen LogP contribution in [0.25, 0.3) is 21.8 Å². The van der Waals surface area contributed by atoms with Gasteiger partial charge in [-0.25, -0.2) is 9.67 Å². The van der Waals surface area contributed by atoms with Crippen molar-refractivity contribution in [3.05, 3.63) is 106 Å². The summed E-state index contributed by atoms with van der Waals surface area (Å²) in [6.07, 6.45) is 4.30. The number of carbonyl (C=O) groups excluding carboxylic acids is 1. The fourth-order valence-corrected chi connectivity index (χ4v) is 6.39. The Bertz CT molecular complexity index is 1760. The van der Waals surface area contributed by atoms with Gasteiger partial charge >= 0.3 is 0 Å². The molecule has 0 aliphatic carbocycles. The van der Waals surface area contributed by atoms with Crippen LogP contribution in [0, 0.1) is 0 Å². The van der Waals surface area contributed by atoms with E-state index in [2.05, 4.69) is 34.9 Å². The molecule has 0 N–H and O–H groups in total. The van der Waals surface area contributed by atoms with E-state index in [0.29, 0.717) is 24.9 Å². The lowest BCUT2D eigenvalue weighted by Crippen LogP contribution is -2.42. The van der Waals surface area contributed by atoms with Gasteiger partial charge in [-0.2, -0.15) is 5.10 Å². The minimum Gasteiger partial charge on any atom is -0.370 e. The van der Waals surface area contributed by atoms with Crippen LogP contribution < -0.4 is 5.56 Å². The molecule has 2 aliphatic rings. The number of hydrogen-bond donors (Lipinski definition) is 0. The Morgan fingerprint density at radius 1 is 0.878 bits per heavy atom. The molecule has 5 aromatic rings. The largest absolute Gasteiger partial charge is 0.370 e. The van der Waals surface area contributed by atoms with Gasteiger partial charge in [-0.1, -0.05) is 60.7 Å². The molecule has 1 atom stereocenters. The summed E-state index contributed by atoms with van der Waals surface area (Å²) in [4.78, 5) is 33.7. The van der Waals surface area contributed by atoms with Gasteiger partial charge in [0.15, 0.2) is 0 Å². The maximum absolute atomic E-state index is 13.5. The molecular weight excluding hydrogens is 514 g/mol. The van der Waals surface area contributed by atoms with E-state index in [1.165, 1.54) is 4.68 Å². The van der Waals surface area contributed by atoms with Crippen LogP contribution in [0.2, 0.25) is 0 Å². The fraction of sp³-hybridized carbons (Fsp3) is 0.333. The van der Waals surface area contributed by atoms with Gasteiger partial charge in [-0.3, -0.25) is 9.59 Å². The summed E-state index contributed by atoms with van der Waals surface area (Å²) in [7, 11) is 0. The fourth-order valence-electron chi connectivity index (χ4n) is 6.39.